The monoisotopic (exact) mass is 424 g/mol. The van der Waals surface area contributed by atoms with Crippen molar-refractivity contribution in [2.75, 3.05) is 7.11 Å². The molecule has 3 nitrogen and oxygen atoms in total. The lowest BCUT2D eigenvalue weighted by molar-refractivity contribution is -0.144. The van der Waals surface area contributed by atoms with Crippen LogP contribution in [-0.4, -0.2) is 23.6 Å². The van der Waals surface area contributed by atoms with Crippen LogP contribution in [0, 0.1) is 40.4 Å². The maximum Gasteiger partial charge on any atom is 0.166 e. The molecule has 3 heteroatoms. The van der Waals surface area contributed by atoms with E-state index in [1.54, 1.807) is 7.11 Å². The first-order chi connectivity index (χ1) is 14.7. The molecule has 4 saturated carbocycles. The van der Waals surface area contributed by atoms with Crippen molar-refractivity contribution in [2.24, 2.45) is 40.4 Å². The quantitative estimate of drug-likeness (QED) is 0.580. The van der Waals surface area contributed by atoms with E-state index >= 15 is 0 Å². The summed E-state index contributed by atoms with van der Waals surface area (Å²) in [5, 5.41) is 10.7. The zero-order valence-electron chi connectivity index (χ0n) is 19.8. The Kier molecular flexibility index (Phi) is 5.08. The molecule has 1 aromatic carbocycles. The van der Waals surface area contributed by atoms with Gasteiger partial charge in [-0.15, -0.1) is 0 Å². The van der Waals surface area contributed by atoms with E-state index < -0.39 is 5.60 Å². The summed E-state index contributed by atoms with van der Waals surface area (Å²) in [7, 11) is 1.67. The number of ether oxygens (including phenoxy) is 1. The van der Waals surface area contributed by atoms with Crippen molar-refractivity contribution in [1.82, 2.24) is 0 Å². The molecule has 0 aliphatic heterocycles. The molecule has 1 aromatic rings. The topological polar surface area (TPSA) is 46.5 Å². The van der Waals surface area contributed by atoms with E-state index in [0.29, 0.717) is 23.0 Å². The van der Waals surface area contributed by atoms with Crippen LogP contribution in [0.1, 0.15) is 88.9 Å². The highest BCUT2D eigenvalue weighted by Gasteiger charge is 2.61. The van der Waals surface area contributed by atoms with Crippen LogP contribution in [-0.2, 0) is 0 Å². The molecule has 0 saturated heterocycles. The van der Waals surface area contributed by atoms with Crippen LogP contribution in [0.3, 0.4) is 0 Å². The summed E-state index contributed by atoms with van der Waals surface area (Å²) in [5.41, 5.74) is 0.854. The average molecular weight is 425 g/mol. The fraction of sp³-hybridized carbons (Fsp3) is 0.750. The molecule has 4 aliphatic carbocycles. The van der Waals surface area contributed by atoms with Gasteiger partial charge in [0.15, 0.2) is 5.78 Å². The Hall–Kier alpha value is -1.35. The lowest BCUT2D eigenvalue weighted by atomic mass is 9.44. The minimum Gasteiger partial charge on any atom is -0.497 e. The molecular formula is C28H40O3. The number of carbonyl (C=O) groups excluding carboxylic acids is 1. The third-order valence-corrected chi connectivity index (χ3v) is 10.6. The predicted octanol–water partition coefficient (Wildman–Crippen LogP) is 6.29. The van der Waals surface area contributed by atoms with Gasteiger partial charge in [-0.2, -0.15) is 0 Å². The van der Waals surface area contributed by atoms with E-state index in [-0.39, 0.29) is 11.3 Å². The Morgan fingerprint density at radius 2 is 1.74 bits per heavy atom. The van der Waals surface area contributed by atoms with Gasteiger partial charge in [0.1, 0.15) is 5.75 Å². The van der Waals surface area contributed by atoms with Crippen LogP contribution in [0.25, 0.3) is 0 Å². The first kappa shape index (κ1) is 21.5. The molecule has 0 radical (unpaired) electrons. The maximum atomic E-state index is 13.6. The van der Waals surface area contributed by atoms with Crippen molar-refractivity contribution in [1.29, 1.82) is 0 Å². The van der Waals surface area contributed by atoms with Crippen LogP contribution >= 0.6 is 0 Å². The SMILES string of the molecule is COc1cccc(C(=O)[C@H]2CC[C@H]3[C@@H]4CC[C@H]5C[C@](C)(O)CC[C@]5(C)[C@H]4CC[C@]23C)c1. The number of benzene rings is 1. The number of hydrogen-bond acceptors (Lipinski definition) is 3. The third-order valence-electron chi connectivity index (χ3n) is 10.6. The molecule has 0 amide bonds. The summed E-state index contributed by atoms with van der Waals surface area (Å²) in [6, 6.07) is 7.75. The van der Waals surface area contributed by atoms with Gasteiger partial charge in [-0.25, -0.2) is 0 Å². The summed E-state index contributed by atoms with van der Waals surface area (Å²) in [6.45, 7) is 7.02. The Bertz CT molecular complexity index is 860. The first-order valence-electron chi connectivity index (χ1n) is 12.6. The maximum absolute atomic E-state index is 13.6. The zero-order valence-corrected chi connectivity index (χ0v) is 19.8. The molecule has 8 atom stereocenters. The van der Waals surface area contributed by atoms with E-state index in [1.165, 1.54) is 38.5 Å². The molecule has 31 heavy (non-hydrogen) atoms. The van der Waals surface area contributed by atoms with Crippen LogP contribution in [0.2, 0.25) is 0 Å². The van der Waals surface area contributed by atoms with E-state index in [1.807, 2.05) is 31.2 Å². The predicted molar refractivity (Wildman–Crippen MR) is 123 cm³/mol. The fourth-order valence-electron chi connectivity index (χ4n) is 8.84. The van der Waals surface area contributed by atoms with Crippen molar-refractivity contribution in [3.05, 3.63) is 29.8 Å². The molecule has 5 rings (SSSR count). The number of fused-ring (bicyclic) bond motifs is 5. The van der Waals surface area contributed by atoms with Crippen molar-refractivity contribution >= 4 is 5.78 Å². The Morgan fingerprint density at radius 3 is 2.52 bits per heavy atom. The van der Waals surface area contributed by atoms with Gasteiger partial charge in [0, 0.05) is 11.5 Å². The van der Waals surface area contributed by atoms with Gasteiger partial charge in [0.25, 0.3) is 0 Å². The number of rotatable bonds is 3. The molecule has 0 unspecified atom stereocenters. The molecule has 4 aliphatic rings. The molecule has 170 valence electrons. The van der Waals surface area contributed by atoms with Gasteiger partial charge in [-0.05, 0) is 111 Å². The van der Waals surface area contributed by atoms with Crippen molar-refractivity contribution in [3.8, 4) is 5.75 Å². The molecule has 1 N–H and O–H groups in total. The number of aliphatic hydroxyl groups is 1. The lowest BCUT2D eigenvalue weighted by Gasteiger charge is -2.61. The fourth-order valence-corrected chi connectivity index (χ4v) is 8.84. The van der Waals surface area contributed by atoms with Crippen molar-refractivity contribution in [3.63, 3.8) is 0 Å². The molecule has 0 spiro atoms. The van der Waals surface area contributed by atoms with Gasteiger partial charge in [0.05, 0.1) is 12.7 Å². The Labute approximate surface area is 188 Å². The van der Waals surface area contributed by atoms with Gasteiger partial charge in [-0.1, -0.05) is 26.0 Å². The second-order valence-corrected chi connectivity index (χ2v) is 12.1. The third kappa shape index (κ3) is 3.29. The summed E-state index contributed by atoms with van der Waals surface area (Å²) in [4.78, 5) is 13.6. The van der Waals surface area contributed by atoms with Crippen LogP contribution in [0.4, 0.5) is 0 Å². The van der Waals surface area contributed by atoms with Gasteiger partial charge < -0.3 is 9.84 Å². The highest BCUT2D eigenvalue weighted by atomic mass is 16.5. The molecule has 0 aromatic heterocycles. The normalized spacial score (nSPS) is 46.5. The smallest absolute Gasteiger partial charge is 0.166 e. The standard InChI is InChI=1S/C28H40O3/c1-26(30)14-15-27(2)19(17-26)8-9-21-22-10-11-24(28(22,3)13-12-23(21)27)25(29)18-6-5-7-20(16-18)31-4/h5-7,16,19,21-24,30H,8-15,17H2,1-4H3/t19-,21-,22-,23-,24+,26+,27-,28-/m0/s1. The molecule has 0 heterocycles. The number of carbonyl (C=O) groups is 1. The van der Waals surface area contributed by atoms with Crippen molar-refractivity contribution in [2.45, 2.75) is 84.2 Å². The summed E-state index contributed by atoms with van der Waals surface area (Å²) in [6.07, 6.45) is 10.3. The second-order valence-electron chi connectivity index (χ2n) is 12.1. The minimum atomic E-state index is -0.470. The van der Waals surface area contributed by atoms with Crippen LogP contribution < -0.4 is 4.74 Å². The van der Waals surface area contributed by atoms with Crippen LogP contribution in [0.5, 0.6) is 5.75 Å². The Morgan fingerprint density at radius 1 is 0.968 bits per heavy atom. The number of methoxy groups -OCH3 is 1. The molecule has 0 bridgehead atoms. The van der Waals surface area contributed by atoms with E-state index in [0.717, 1.165) is 42.4 Å². The van der Waals surface area contributed by atoms with Crippen LogP contribution in [0.15, 0.2) is 24.3 Å². The Balaban J connectivity index is 1.39. The first-order valence-corrected chi connectivity index (χ1v) is 12.6. The summed E-state index contributed by atoms with van der Waals surface area (Å²) in [5.74, 6) is 4.11. The number of hydrogen-bond donors (Lipinski definition) is 1. The average Bonchev–Trinajstić information content (AvgIpc) is 3.11. The van der Waals surface area contributed by atoms with Gasteiger partial charge in [-0.3, -0.25) is 4.79 Å². The minimum absolute atomic E-state index is 0.130. The van der Waals surface area contributed by atoms with E-state index in [2.05, 4.69) is 13.8 Å². The molecule has 4 fully saturated rings. The zero-order chi connectivity index (χ0) is 22.0. The second kappa shape index (κ2) is 7.33. The molecular weight excluding hydrogens is 384 g/mol. The van der Waals surface area contributed by atoms with Gasteiger partial charge in [0.2, 0.25) is 0 Å². The van der Waals surface area contributed by atoms with Crippen molar-refractivity contribution < 1.29 is 14.6 Å². The summed E-state index contributed by atoms with van der Waals surface area (Å²) >= 11 is 0. The highest BCUT2D eigenvalue weighted by molar-refractivity contribution is 5.99. The number of Topliss-reactive ketones (excluding diaryl/α,β-unsaturated/α-hetero) is 1. The van der Waals surface area contributed by atoms with Gasteiger partial charge >= 0.3 is 0 Å². The largest absolute Gasteiger partial charge is 0.497 e. The van der Waals surface area contributed by atoms with E-state index in [9.17, 15) is 9.90 Å². The van der Waals surface area contributed by atoms with E-state index in [4.69, 9.17) is 4.74 Å². The summed E-state index contributed by atoms with van der Waals surface area (Å²) < 4.78 is 5.38. The number of ketones is 1. The lowest BCUT2D eigenvalue weighted by Crippen LogP contribution is -2.55. The highest BCUT2D eigenvalue weighted by Crippen LogP contribution is 2.68.